The number of aryl methyl sites for hydroxylation is 1. The Labute approximate surface area is 163 Å². The lowest BCUT2D eigenvalue weighted by Gasteiger charge is -2.16. The van der Waals surface area contributed by atoms with Crippen molar-refractivity contribution in [1.29, 1.82) is 0 Å². The maximum atomic E-state index is 11.6. The first-order valence-electron chi connectivity index (χ1n) is 10.5. The van der Waals surface area contributed by atoms with Crippen LogP contribution in [0.15, 0.2) is 6.07 Å². The normalized spacial score (nSPS) is 10.9. The second-order valence-electron chi connectivity index (χ2n) is 7.19. The number of rotatable bonds is 15. The molecule has 0 saturated heterocycles. The van der Waals surface area contributed by atoms with Gasteiger partial charge in [-0.1, -0.05) is 71.6 Å². The molecular formula is C22H36O5. The number of benzene rings is 1. The largest absolute Gasteiger partial charge is 0.504 e. The van der Waals surface area contributed by atoms with Crippen molar-refractivity contribution in [3.05, 3.63) is 17.2 Å². The highest BCUT2D eigenvalue weighted by Gasteiger charge is 2.24. The molecule has 1 aromatic rings. The van der Waals surface area contributed by atoms with Crippen LogP contribution in [-0.2, 0) is 6.42 Å². The molecule has 0 amide bonds. The summed E-state index contributed by atoms with van der Waals surface area (Å²) in [5.41, 5.74) is 0.328. The minimum Gasteiger partial charge on any atom is -0.504 e. The third-order valence-electron chi connectivity index (χ3n) is 4.82. The molecule has 5 nitrogen and oxygen atoms in total. The van der Waals surface area contributed by atoms with Crippen molar-refractivity contribution in [2.24, 2.45) is 0 Å². The van der Waals surface area contributed by atoms with Gasteiger partial charge in [-0.15, -0.1) is 0 Å². The summed E-state index contributed by atoms with van der Waals surface area (Å²) >= 11 is 0. The summed E-state index contributed by atoms with van der Waals surface area (Å²) in [6.45, 7) is 4.75. The maximum Gasteiger partial charge on any atom is 0.343 e. The third-order valence-corrected chi connectivity index (χ3v) is 4.82. The van der Waals surface area contributed by atoms with Crippen LogP contribution in [0.5, 0.6) is 17.2 Å². The molecule has 0 saturated carbocycles. The number of hydrogen-bond acceptors (Lipinski definition) is 4. The quantitative estimate of drug-likeness (QED) is 0.255. The number of ether oxygens (including phenoxy) is 1. The fraction of sp³-hybridized carbons (Fsp3) is 0.682. The number of carbonyl (C=O) groups is 1. The van der Waals surface area contributed by atoms with Gasteiger partial charge in [0.25, 0.3) is 0 Å². The highest BCUT2D eigenvalue weighted by molar-refractivity contribution is 5.95. The number of carboxylic acid groups (broad SMARTS) is 1. The van der Waals surface area contributed by atoms with E-state index in [0.29, 0.717) is 18.6 Å². The Bertz CT molecular complexity index is 568. The second kappa shape index (κ2) is 13.3. The molecule has 27 heavy (non-hydrogen) atoms. The Balaban J connectivity index is 2.77. The molecule has 0 radical (unpaired) electrons. The lowest BCUT2D eigenvalue weighted by atomic mass is 10.0. The monoisotopic (exact) mass is 380 g/mol. The van der Waals surface area contributed by atoms with Crippen molar-refractivity contribution in [3.8, 4) is 17.2 Å². The zero-order valence-electron chi connectivity index (χ0n) is 16.9. The van der Waals surface area contributed by atoms with Crippen LogP contribution < -0.4 is 4.74 Å². The van der Waals surface area contributed by atoms with E-state index in [1.165, 1.54) is 31.7 Å². The molecule has 0 aliphatic carbocycles. The van der Waals surface area contributed by atoms with Gasteiger partial charge < -0.3 is 20.1 Å². The Kier molecular flexibility index (Phi) is 11.4. The number of aromatic carboxylic acids is 1. The Hall–Kier alpha value is -1.91. The number of phenols is 2. The molecule has 1 aromatic carbocycles. The summed E-state index contributed by atoms with van der Waals surface area (Å²) in [7, 11) is 0. The number of phenolic OH excluding ortho intramolecular Hbond substituents is 1. The third kappa shape index (κ3) is 8.10. The first-order chi connectivity index (χ1) is 13.0. The molecule has 0 bridgehead atoms. The Morgan fingerprint density at radius 2 is 1.44 bits per heavy atom. The average Bonchev–Trinajstić information content (AvgIpc) is 2.63. The van der Waals surface area contributed by atoms with Crippen molar-refractivity contribution >= 4 is 5.97 Å². The molecule has 5 heteroatoms. The predicted molar refractivity (Wildman–Crippen MR) is 108 cm³/mol. The van der Waals surface area contributed by atoms with E-state index >= 15 is 0 Å². The average molecular weight is 381 g/mol. The van der Waals surface area contributed by atoms with Crippen molar-refractivity contribution in [3.63, 3.8) is 0 Å². The molecule has 0 heterocycles. The molecule has 0 aliphatic rings. The van der Waals surface area contributed by atoms with Crippen LogP contribution in [0.4, 0.5) is 0 Å². The van der Waals surface area contributed by atoms with E-state index in [1.54, 1.807) is 0 Å². The molecule has 0 aliphatic heterocycles. The van der Waals surface area contributed by atoms with Gasteiger partial charge in [-0.05, 0) is 30.9 Å². The molecule has 0 aromatic heterocycles. The summed E-state index contributed by atoms with van der Waals surface area (Å²) in [5.74, 6) is -2.09. The molecule has 0 fully saturated rings. The summed E-state index contributed by atoms with van der Waals surface area (Å²) in [6, 6.07) is 1.44. The highest BCUT2D eigenvalue weighted by atomic mass is 16.5. The van der Waals surface area contributed by atoms with Crippen LogP contribution in [0.2, 0.25) is 0 Å². The van der Waals surface area contributed by atoms with Gasteiger partial charge in [-0.3, -0.25) is 0 Å². The van der Waals surface area contributed by atoms with Crippen LogP contribution in [0, 0.1) is 0 Å². The van der Waals surface area contributed by atoms with Crippen molar-refractivity contribution < 1.29 is 24.9 Å². The molecule has 154 valence electrons. The lowest BCUT2D eigenvalue weighted by molar-refractivity contribution is 0.0687. The fourth-order valence-electron chi connectivity index (χ4n) is 3.22. The topological polar surface area (TPSA) is 87.0 Å². The summed E-state index contributed by atoms with van der Waals surface area (Å²) in [6.07, 6.45) is 12.7. The zero-order chi connectivity index (χ0) is 20.1. The fourth-order valence-corrected chi connectivity index (χ4v) is 3.22. The van der Waals surface area contributed by atoms with Gasteiger partial charge in [0.05, 0.1) is 6.61 Å². The molecular weight excluding hydrogens is 344 g/mol. The van der Waals surface area contributed by atoms with Gasteiger partial charge in [0.2, 0.25) is 0 Å². The van der Waals surface area contributed by atoms with Crippen molar-refractivity contribution in [2.75, 3.05) is 6.61 Å². The van der Waals surface area contributed by atoms with E-state index in [2.05, 4.69) is 13.8 Å². The minimum atomic E-state index is -1.28. The van der Waals surface area contributed by atoms with Crippen LogP contribution in [0.3, 0.4) is 0 Å². The predicted octanol–water partition coefficient (Wildman–Crippen LogP) is 6.05. The van der Waals surface area contributed by atoms with Crippen LogP contribution in [-0.4, -0.2) is 27.9 Å². The minimum absolute atomic E-state index is 0.210. The van der Waals surface area contributed by atoms with Gasteiger partial charge in [0.1, 0.15) is 11.3 Å². The lowest BCUT2D eigenvalue weighted by Crippen LogP contribution is -2.08. The Morgan fingerprint density at radius 1 is 0.889 bits per heavy atom. The van der Waals surface area contributed by atoms with Crippen molar-refractivity contribution in [2.45, 2.75) is 90.9 Å². The van der Waals surface area contributed by atoms with Crippen LogP contribution >= 0.6 is 0 Å². The van der Waals surface area contributed by atoms with Gasteiger partial charge in [0, 0.05) is 0 Å². The van der Waals surface area contributed by atoms with E-state index in [9.17, 15) is 20.1 Å². The molecule has 1 rings (SSSR count). The first kappa shape index (κ1) is 23.1. The number of hydrogen-bond donors (Lipinski definition) is 3. The highest BCUT2D eigenvalue weighted by Crippen LogP contribution is 2.40. The smallest absolute Gasteiger partial charge is 0.343 e. The van der Waals surface area contributed by atoms with E-state index < -0.39 is 17.5 Å². The van der Waals surface area contributed by atoms with Gasteiger partial charge >= 0.3 is 5.97 Å². The summed E-state index contributed by atoms with van der Waals surface area (Å²) < 4.78 is 5.80. The number of aromatic hydroxyl groups is 2. The SMILES string of the molecule is CCCCCCCCOc1c(CCCCCCC)cc(O)c(O)c1C(=O)O. The zero-order valence-corrected chi connectivity index (χ0v) is 16.9. The van der Waals surface area contributed by atoms with Gasteiger partial charge in [-0.25, -0.2) is 4.79 Å². The molecule has 0 unspecified atom stereocenters. The number of unbranched alkanes of at least 4 members (excludes halogenated alkanes) is 9. The maximum absolute atomic E-state index is 11.6. The van der Waals surface area contributed by atoms with E-state index in [1.807, 2.05) is 0 Å². The number of carboxylic acids is 1. The first-order valence-corrected chi connectivity index (χ1v) is 10.5. The Morgan fingerprint density at radius 3 is 2.04 bits per heavy atom. The molecule has 3 N–H and O–H groups in total. The molecule has 0 atom stereocenters. The summed E-state index contributed by atoms with van der Waals surface area (Å²) in [4.78, 5) is 11.6. The molecule has 0 spiro atoms. The van der Waals surface area contributed by atoms with Gasteiger partial charge in [-0.2, -0.15) is 0 Å². The van der Waals surface area contributed by atoms with Gasteiger partial charge in [0.15, 0.2) is 11.5 Å². The van der Waals surface area contributed by atoms with Crippen LogP contribution in [0.25, 0.3) is 0 Å². The van der Waals surface area contributed by atoms with Crippen LogP contribution in [0.1, 0.15) is 100 Å². The van der Waals surface area contributed by atoms with E-state index in [-0.39, 0.29) is 11.3 Å². The summed E-state index contributed by atoms with van der Waals surface area (Å²) in [5, 5.41) is 29.4. The second-order valence-corrected chi connectivity index (χ2v) is 7.19. The van der Waals surface area contributed by atoms with Crippen molar-refractivity contribution in [1.82, 2.24) is 0 Å². The standard InChI is InChI=1S/C22H36O5/c1-3-5-7-9-11-13-15-27-21-17(14-12-10-8-6-4-2)16-18(23)20(24)19(21)22(25)26/h16,23-24H,3-15H2,1-2H3,(H,25,26). The van der Waals surface area contributed by atoms with E-state index in [4.69, 9.17) is 4.74 Å². The van der Waals surface area contributed by atoms with E-state index in [0.717, 1.165) is 44.9 Å².